The van der Waals surface area contributed by atoms with Crippen molar-refractivity contribution >= 4 is 11.8 Å². The molecule has 1 aromatic rings. The Labute approximate surface area is 111 Å². The molecule has 1 N–H and O–H groups in total. The van der Waals surface area contributed by atoms with Gasteiger partial charge in [0.25, 0.3) is 5.91 Å². The van der Waals surface area contributed by atoms with E-state index < -0.39 is 0 Å². The number of nitrogens with one attached hydrogen (secondary N) is 1. The van der Waals surface area contributed by atoms with Gasteiger partial charge in [-0.25, -0.2) is 4.39 Å². The summed E-state index contributed by atoms with van der Waals surface area (Å²) in [7, 11) is 0. The molecule has 0 saturated carbocycles. The summed E-state index contributed by atoms with van der Waals surface area (Å²) >= 11 is 0. The molecule has 2 rings (SSSR count). The third kappa shape index (κ3) is 3.30. The molecule has 1 aliphatic rings. The summed E-state index contributed by atoms with van der Waals surface area (Å²) in [6.07, 6.45) is 0.522. The molecule has 1 fully saturated rings. The Kier molecular flexibility index (Phi) is 4.14. The number of nitrogens with zero attached hydrogens (tertiary/aromatic N) is 1. The van der Waals surface area contributed by atoms with Crippen LogP contribution in [-0.2, 0) is 4.79 Å². The fraction of sp³-hybridized carbons (Fsp3) is 0.429. The number of hydrogen-bond donors (Lipinski definition) is 1. The van der Waals surface area contributed by atoms with E-state index in [1.807, 2.05) is 6.92 Å². The van der Waals surface area contributed by atoms with E-state index >= 15 is 0 Å². The number of likely N-dealkylation sites (tertiary alicyclic amines) is 1. The van der Waals surface area contributed by atoms with E-state index in [2.05, 4.69) is 5.32 Å². The molecule has 2 amide bonds. The number of rotatable bonds is 4. The van der Waals surface area contributed by atoms with Gasteiger partial charge >= 0.3 is 0 Å². The summed E-state index contributed by atoms with van der Waals surface area (Å²) in [6, 6.07) is 5.44. The third-order valence-corrected chi connectivity index (χ3v) is 3.27. The van der Waals surface area contributed by atoms with Crippen molar-refractivity contribution in [1.82, 2.24) is 10.2 Å². The molecule has 102 valence electrons. The Bertz CT molecular complexity index is 467. The maximum atomic E-state index is 12.7. The minimum absolute atomic E-state index is 0.154. The van der Waals surface area contributed by atoms with E-state index in [0.29, 0.717) is 37.5 Å². The zero-order valence-corrected chi connectivity index (χ0v) is 10.9. The van der Waals surface area contributed by atoms with Crippen molar-refractivity contribution in [2.24, 2.45) is 5.92 Å². The van der Waals surface area contributed by atoms with Gasteiger partial charge in [0.15, 0.2) is 0 Å². The van der Waals surface area contributed by atoms with Gasteiger partial charge in [0.05, 0.1) is 0 Å². The van der Waals surface area contributed by atoms with Gasteiger partial charge in [0.1, 0.15) is 5.82 Å². The van der Waals surface area contributed by atoms with Crippen LogP contribution in [0.1, 0.15) is 23.7 Å². The lowest BCUT2D eigenvalue weighted by Gasteiger charge is -2.39. The van der Waals surface area contributed by atoms with Gasteiger partial charge in [0.2, 0.25) is 5.91 Å². The zero-order valence-electron chi connectivity index (χ0n) is 10.9. The quantitative estimate of drug-likeness (QED) is 0.894. The highest BCUT2D eigenvalue weighted by molar-refractivity contribution is 5.94. The average molecular weight is 264 g/mol. The van der Waals surface area contributed by atoms with Crippen molar-refractivity contribution in [2.45, 2.75) is 13.3 Å². The summed E-state index contributed by atoms with van der Waals surface area (Å²) in [5.74, 6) is -0.0921. The van der Waals surface area contributed by atoms with Crippen LogP contribution in [0, 0.1) is 11.7 Å². The first kappa shape index (κ1) is 13.5. The van der Waals surface area contributed by atoms with Crippen LogP contribution in [0.2, 0.25) is 0 Å². The molecular weight excluding hydrogens is 247 g/mol. The maximum Gasteiger partial charge on any atom is 0.251 e. The van der Waals surface area contributed by atoms with Crippen LogP contribution in [0.15, 0.2) is 24.3 Å². The first-order valence-electron chi connectivity index (χ1n) is 6.41. The molecule has 0 radical (unpaired) electrons. The molecule has 19 heavy (non-hydrogen) atoms. The van der Waals surface area contributed by atoms with Gasteiger partial charge < -0.3 is 10.2 Å². The van der Waals surface area contributed by atoms with Crippen LogP contribution in [0.5, 0.6) is 0 Å². The monoisotopic (exact) mass is 264 g/mol. The molecule has 1 aromatic carbocycles. The Morgan fingerprint density at radius 1 is 1.32 bits per heavy atom. The van der Waals surface area contributed by atoms with Gasteiger partial charge in [-0.05, 0) is 24.3 Å². The molecule has 0 aliphatic carbocycles. The van der Waals surface area contributed by atoms with E-state index in [0.717, 1.165) is 0 Å². The molecule has 0 unspecified atom stereocenters. The van der Waals surface area contributed by atoms with Crippen LogP contribution >= 0.6 is 0 Å². The smallest absolute Gasteiger partial charge is 0.251 e. The molecule has 0 spiro atoms. The summed E-state index contributed by atoms with van der Waals surface area (Å²) in [5, 5.41) is 2.80. The summed E-state index contributed by atoms with van der Waals surface area (Å²) in [5.41, 5.74) is 0.446. The van der Waals surface area contributed by atoms with Gasteiger partial charge in [-0.1, -0.05) is 6.92 Å². The summed E-state index contributed by atoms with van der Waals surface area (Å²) in [6.45, 7) is 3.79. The highest BCUT2D eigenvalue weighted by Crippen LogP contribution is 2.15. The van der Waals surface area contributed by atoms with Crippen LogP contribution < -0.4 is 5.32 Å². The lowest BCUT2D eigenvalue weighted by Crippen LogP contribution is -2.53. The van der Waals surface area contributed by atoms with Crippen LogP contribution in [0.4, 0.5) is 4.39 Å². The van der Waals surface area contributed by atoms with Crippen LogP contribution in [-0.4, -0.2) is 36.3 Å². The van der Waals surface area contributed by atoms with E-state index in [1.165, 1.54) is 24.3 Å². The molecular formula is C14H17FN2O2. The maximum absolute atomic E-state index is 12.7. The Morgan fingerprint density at radius 2 is 1.95 bits per heavy atom. The lowest BCUT2D eigenvalue weighted by molar-refractivity contribution is -0.136. The molecule has 1 aliphatic heterocycles. The fourth-order valence-corrected chi connectivity index (χ4v) is 2.07. The van der Waals surface area contributed by atoms with Gasteiger partial charge in [0, 0.05) is 37.5 Å². The average Bonchev–Trinajstić information content (AvgIpc) is 2.37. The van der Waals surface area contributed by atoms with Crippen LogP contribution in [0.25, 0.3) is 0 Å². The highest BCUT2D eigenvalue weighted by atomic mass is 19.1. The second kappa shape index (κ2) is 5.82. The fourth-order valence-electron chi connectivity index (χ4n) is 2.07. The predicted octanol–water partition coefficient (Wildman–Crippen LogP) is 1.42. The van der Waals surface area contributed by atoms with E-state index in [4.69, 9.17) is 0 Å². The van der Waals surface area contributed by atoms with Crippen LogP contribution in [0.3, 0.4) is 0 Å². The molecule has 0 aromatic heterocycles. The molecule has 0 bridgehead atoms. The topological polar surface area (TPSA) is 49.4 Å². The number of benzene rings is 1. The third-order valence-electron chi connectivity index (χ3n) is 3.27. The Morgan fingerprint density at radius 3 is 2.53 bits per heavy atom. The van der Waals surface area contributed by atoms with Gasteiger partial charge in [-0.15, -0.1) is 0 Å². The molecule has 1 saturated heterocycles. The minimum Gasteiger partial charge on any atom is -0.352 e. The first-order valence-corrected chi connectivity index (χ1v) is 6.41. The number of hydrogen-bond acceptors (Lipinski definition) is 2. The van der Waals surface area contributed by atoms with E-state index in [-0.39, 0.29) is 17.6 Å². The number of amides is 2. The molecule has 0 atom stereocenters. The number of halogens is 1. The SMILES string of the molecule is CCC(=O)N1CC(CNC(=O)c2ccc(F)cc2)C1. The summed E-state index contributed by atoms with van der Waals surface area (Å²) in [4.78, 5) is 24.9. The van der Waals surface area contributed by atoms with Crippen molar-refractivity contribution in [3.63, 3.8) is 0 Å². The number of carbonyl (C=O) groups is 2. The largest absolute Gasteiger partial charge is 0.352 e. The lowest BCUT2D eigenvalue weighted by atomic mass is 9.99. The van der Waals surface area contributed by atoms with Crippen molar-refractivity contribution in [3.05, 3.63) is 35.6 Å². The Balaban J connectivity index is 1.74. The highest BCUT2D eigenvalue weighted by Gasteiger charge is 2.29. The van der Waals surface area contributed by atoms with Gasteiger partial charge in [-0.2, -0.15) is 0 Å². The van der Waals surface area contributed by atoms with Gasteiger partial charge in [-0.3, -0.25) is 9.59 Å². The minimum atomic E-state index is -0.357. The second-order valence-electron chi connectivity index (χ2n) is 4.74. The van der Waals surface area contributed by atoms with E-state index in [9.17, 15) is 14.0 Å². The normalized spacial score (nSPS) is 14.9. The standard InChI is InChI=1S/C14H17FN2O2/c1-2-13(18)17-8-10(9-17)7-16-14(19)11-3-5-12(15)6-4-11/h3-6,10H,2,7-9H2,1H3,(H,16,19). The van der Waals surface area contributed by atoms with Crippen molar-refractivity contribution in [1.29, 1.82) is 0 Å². The summed E-state index contributed by atoms with van der Waals surface area (Å²) < 4.78 is 12.7. The zero-order chi connectivity index (χ0) is 13.8. The molecule has 4 nitrogen and oxygen atoms in total. The molecule has 1 heterocycles. The molecule has 5 heteroatoms. The predicted molar refractivity (Wildman–Crippen MR) is 69.1 cm³/mol. The number of carbonyl (C=O) groups excluding carboxylic acids is 2. The van der Waals surface area contributed by atoms with Crippen molar-refractivity contribution in [2.75, 3.05) is 19.6 Å². The van der Waals surface area contributed by atoms with Crippen molar-refractivity contribution < 1.29 is 14.0 Å². The second-order valence-corrected chi connectivity index (χ2v) is 4.74. The first-order chi connectivity index (χ1) is 9.10. The Hall–Kier alpha value is -1.91. The van der Waals surface area contributed by atoms with Crippen molar-refractivity contribution in [3.8, 4) is 0 Å². The van der Waals surface area contributed by atoms with E-state index in [1.54, 1.807) is 4.90 Å².